The highest BCUT2D eigenvalue weighted by molar-refractivity contribution is 7.93. The molecule has 1 aromatic rings. The van der Waals surface area contributed by atoms with Crippen molar-refractivity contribution >= 4 is 25.7 Å². The van der Waals surface area contributed by atoms with Crippen molar-refractivity contribution in [2.45, 2.75) is 42.9 Å². The van der Waals surface area contributed by atoms with E-state index in [-0.39, 0.29) is 29.1 Å². The quantitative estimate of drug-likeness (QED) is 0.622. The number of nitrogens with two attached hydrogens (primary N) is 1. The molecule has 0 aliphatic heterocycles. The molecule has 1 unspecified atom stereocenters. The van der Waals surface area contributed by atoms with Crippen LogP contribution in [0.25, 0.3) is 0 Å². The summed E-state index contributed by atoms with van der Waals surface area (Å²) in [6.07, 6.45) is 1.82. The van der Waals surface area contributed by atoms with E-state index in [2.05, 4.69) is 9.44 Å². The molecular formula is C14H22FN3O4S2. The first kappa shape index (κ1) is 19.1. The lowest BCUT2D eigenvalue weighted by atomic mass is 10.2. The smallest absolute Gasteiger partial charge is 0.240 e. The fourth-order valence-corrected chi connectivity index (χ4v) is 4.16. The SMILES string of the molecule is CC(C)S(=O)(=O)Nc1ccc(S(=O)(=O)NC(CN)C2CC2)cc1F. The Bertz CT molecular complexity index is 805. The lowest BCUT2D eigenvalue weighted by molar-refractivity contribution is 0.518. The van der Waals surface area contributed by atoms with E-state index in [0.717, 1.165) is 31.0 Å². The van der Waals surface area contributed by atoms with E-state index in [1.807, 2.05) is 0 Å². The van der Waals surface area contributed by atoms with Crippen molar-refractivity contribution in [3.63, 3.8) is 0 Å². The predicted octanol–water partition coefficient (Wildman–Crippen LogP) is 0.991. The fraction of sp³-hybridized carbons (Fsp3) is 0.571. The van der Waals surface area contributed by atoms with Crippen LogP contribution in [0.5, 0.6) is 0 Å². The Labute approximate surface area is 141 Å². The van der Waals surface area contributed by atoms with Crippen molar-refractivity contribution in [1.82, 2.24) is 4.72 Å². The van der Waals surface area contributed by atoms with Gasteiger partial charge in [-0.15, -0.1) is 0 Å². The molecule has 2 rings (SSSR count). The summed E-state index contributed by atoms with van der Waals surface area (Å²) in [5.41, 5.74) is 5.28. The van der Waals surface area contributed by atoms with Crippen molar-refractivity contribution in [2.24, 2.45) is 11.7 Å². The van der Waals surface area contributed by atoms with Gasteiger partial charge in [0.25, 0.3) is 0 Å². The van der Waals surface area contributed by atoms with Crippen LogP contribution in [0.1, 0.15) is 26.7 Å². The average Bonchev–Trinajstić information content (AvgIpc) is 3.31. The van der Waals surface area contributed by atoms with Crippen LogP contribution in [0.2, 0.25) is 0 Å². The van der Waals surface area contributed by atoms with E-state index < -0.39 is 31.1 Å². The van der Waals surface area contributed by atoms with E-state index in [1.54, 1.807) is 0 Å². The van der Waals surface area contributed by atoms with Gasteiger partial charge >= 0.3 is 0 Å². The van der Waals surface area contributed by atoms with E-state index in [0.29, 0.717) is 0 Å². The fourth-order valence-electron chi connectivity index (χ4n) is 2.12. The Morgan fingerprint density at radius 2 is 1.88 bits per heavy atom. The number of anilines is 1. The third-order valence-corrected chi connectivity index (χ3v) is 7.11. The van der Waals surface area contributed by atoms with Gasteiger partial charge < -0.3 is 5.73 Å². The van der Waals surface area contributed by atoms with Gasteiger partial charge in [0.2, 0.25) is 20.0 Å². The Morgan fingerprint density at radius 3 is 2.33 bits per heavy atom. The zero-order valence-corrected chi connectivity index (χ0v) is 15.1. The van der Waals surface area contributed by atoms with Gasteiger partial charge in [-0.3, -0.25) is 4.72 Å². The molecule has 0 radical (unpaired) electrons. The van der Waals surface area contributed by atoms with E-state index in [9.17, 15) is 21.2 Å². The molecule has 1 fully saturated rings. The first-order chi connectivity index (χ1) is 11.1. The molecule has 1 aliphatic rings. The Hall–Kier alpha value is -1.23. The maximum Gasteiger partial charge on any atom is 0.240 e. The Balaban J connectivity index is 2.22. The molecule has 7 nitrogen and oxygen atoms in total. The summed E-state index contributed by atoms with van der Waals surface area (Å²) < 4.78 is 66.9. The van der Waals surface area contributed by atoms with Gasteiger partial charge in [0.1, 0.15) is 5.82 Å². The number of halogens is 1. The maximum atomic E-state index is 14.1. The van der Waals surface area contributed by atoms with E-state index in [1.165, 1.54) is 13.8 Å². The lowest BCUT2D eigenvalue weighted by Gasteiger charge is -2.17. The van der Waals surface area contributed by atoms with Crippen LogP contribution in [0.15, 0.2) is 23.1 Å². The van der Waals surface area contributed by atoms with Crippen LogP contribution in [0.3, 0.4) is 0 Å². The van der Waals surface area contributed by atoms with Crippen molar-refractivity contribution in [2.75, 3.05) is 11.3 Å². The molecule has 4 N–H and O–H groups in total. The molecule has 10 heteroatoms. The second kappa shape index (κ2) is 6.95. The van der Waals surface area contributed by atoms with Gasteiger partial charge in [-0.25, -0.2) is 25.9 Å². The number of benzene rings is 1. The first-order valence-corrected chi connectivity index (χ1v) is 10.6. The highest BCUT2D eigenvalue weighted by Gasteiger charge is 2.33. The van der Waals surface area contributed by atoms with Crippen LogP contribution in [-0.4, -0.2) is 34.7 Å². The van der Waals surface area contributed by atoms with Crippen molar-refractivity contribution < 1.29 is 21.2 Å². The minimum absolute atomic E-state index is 0.165. The molecule has 0 saturated heterocycles. The third-order valence-electron chi connectivity index (χ3n) is 3.88. The van der Waals surface area contributed by atoms with Crippen molar-refractivity contribution in [1.29, 1.82) is 0 Å². The molecule has 0 bridgehead atoms. The molecular weight excluding hydrogens is 357 g/mol. The zero-order valence-electron chi connectivity index (χ0n) is 13.5. The van der Waals surface area contributed by atoms with Gasteiger partial charge in [-0.2, -0.15) is 0 Å². The summed E-state index contributed by atoms with van der Waals surface area (Å²) in [6.45, 7) is 3.07. The van der Waals surface area contributed by atoms with Crippen molar-refractivity contribution in [3.8, 4) is 0 Å². The second-order valence-corrected chi connectivity index (χ2v) is 10.1. The lowest BCUT2D eigenvalue weighted by Crippen LogP contribution is -2.41. The van der Waals surface area contributed by atoms with Crippen LogP contribution in [0.4, 0.5) is 10.1 Å². The topological polar surface area (TPSA) is 118 Å². The normalized spacial score (nSPS) is 17.0. The summed E-state index contributed by atoms with van der Waals surface area (Å²) in [4.78, 5) is -0.272. The molecule has 0 spiro atoms. The summed E-state index contributed by atoms with van der Waals surface area (Å²) in [5, 5.41) is -0.745. The third kappa shape index (κ3) is 4.44. The summed E-state index contributed by atoms with van der Waals surface area (Å²) in [5.74, 6) is -0.746. The van der Waals surface area contributed by atoms with Gasteiger partial charge in [0.15, 0.2) is 0 Å². The van der Waals surface area contributed by atoms with Crippen LogP contribution >= 0.6 is 0 Å². The number of sulfonamides is 2. The van der Waals surface area contributed by atoms with Gasteiger partial charge in [0, 0.05) is 12.6 Å². The van der Waals surface area contributed by atoms with Crippen molar-refractivity contribution in [3.05, 3.63) is 24.0 Å². The molecule has 136 valence electrons. The maximum absolute atomic E-state index is 14.1. The minimum atomic E-state index is -3.92. The molecule has 0 heterocycles. The molecule has 1 aliphatic carbocycles. The van der Waals surface area contributed by atoms with E-state index in [4.69, 9.17) is 5.73 Å². The highest BCUT2D eigenvalue weighted by Crippen LogP contribution is 2.33. The Morgan fingerprint density at radius 1 is 1.25 bits per heavy atom. The summed E-state index contributed by atoms with van der Waals surface area (Å²) >= 11 is 0. The predicted molar refractivity (Wildman–Crippen MR) is 90.0 cm³/mol. The molecule has 0 amide bonds. The second-order valence-electron chi connectivity index (χ2n) is 6.14. The zero-order chi connectivity index (χ0) is 18.1. The molecule has 24 heavy (non-hydrogen) atoms. The number of hydrogen-bond acceptors (Lipinski definition) is 5. The summed E-state index contributed by atoms with van der Waals surface area (Å²) in [7, 11) is -7.64. The molecule has 0 aromatic heterocycles. The van der Waals surface area contributed by atoms with E-state index >= 15 is 0 Å². The standard InChI is InChI=1S/C14H22FN3O4S2/c1-9(2)23(19,20)17-13-6-5-11(7-12(13)15)24(21,22)18-14(8-16)10-3-4-10/h5-7,9-10,14,17-18H,3-4,8,16H2,1-2H3. The number of hydrogen-bond donors (Lipinski definition) is 3. The molecule has 1 atom stereocenters. The number of nitrogens with one attached hydrogen (secondary N) is 2. The number of rotatable bonds is 8. The first-order valence-electron chi connectivity index (χ1n) is 7.60. The largest absolute Gasteiger partial charge is 0.329 e. The molecule has 1 saturated carbocycles. The highest BCUT2D eigenvalue weighted by atomic mass is 32.2. The van der Waals surface area contributed by atoms with Gasteiger partial charge in [-0.05, 0) is 50.8 Å². The van der Waals surface area contributed by atoms with Crippen LogP contribution in [0, 0.1) is 11.7 Å². The average molecular weight is 379 g/mol. The van der Waals surface area contributed by atoms with Crippen LogP contribution < -0.4 is 15.2 Å². The van der Waals surface area contributed by atoms with Gasteiger partial charge in [-0.1, -0.05) is 0 Å². The monoisotopic (exact) mass is 379 g/mol. The van der Waals surface area contributed by atoms with Crippen LogP contribution in [-0.2, 0) is 20.0 Å². The Kier molecular flexibility index (Phi) is 5.53. The summed E-state index contributed by atoms with van der Waals surface area (Å²) in [6, 6.07) is 2.67. The molecule has 1 aromatic carbocycles. The minimum Gasteiger partial charge on any atom is -0.329 e. The van der Waals surface area contributed by atoms with Gasteiger partial charge in [0.05, 0.1) is 15.8 Å².